The van der Waals surface area contributed by atoms with Gasteiger partial charge in [0.2, 0.25) is 5.91 Å². The number of carbonyl (C=O) groups is 1. The fourth-order valence-electron chi connectivity index (χ4n) is 2.76. The highest BCUT2D eigenvalue weighted by atomic mass is 16.3. The van der Waals surface area contributed by atoms with Gasteiger partial charge in [-0.1, -0.05) is 78.6 Å². The number of hydrogen-bond donors (Lipinski definition) is 2. The number of anilines is 1. The first-order valence-electron chi connectivity index (χ1n) is 8.33. The molecule has 0 aliphatic rings. The molecule has 0 saturated heterocycles. The van der Waals surface area contributed by atoms with E-state index >= 15 is 0 Å². The van der Waals surface area contributed by atoms with Crippen LogP contribution in [-0.2, 0) is 10.4 Å². The van der Waals surface area contributed by atoms with Crippen LogP contribution in [-0.4, -0.2) is 11.0 Å². The highest BCUT2D eigenvalue weighted by Crippen LogP contribution is 2.34. The molecule has 1 unspecified atom stereocenters. The zero-order valence-electron chi connectivity index (χ0n) is 14.4. The Morgan fingerprint density at radius 1 is 0.885 bits per heavy atom. The third-order valence-corrected chi connectivity index (χ3v) is 3.98. The van der Waals surface area contributed by atoms with Gasteiger partial charge >= 0.3 is 0 Å². The molecule has 1 amide bonds. The van der Waals surface area contributed by atoms with E-state index in [0.717, 1.165) is 5.56 Å². The van der Waals surface area contributed by atoms with Gasteiger partial charge < -0.3 is 10.4 Å². The Morgan fingerprint density at radius 3 is 2.12 bits per heavy atom. The lowest BCUT2D eigenvalue weighted by Crippen LogP contribution is -2.27. The lowest BCUT2D eigenvalue weighted by atomic mass is 9.85. The van der Waals surface area contributed by atoms with Crippen LogP contribution < -0.4 is 5.32 Å². The van der Waals surface area contributed by atoms with Crippen LogP contribution in [0.15, 0.2) is 84.9 Å². The smallest absolute Gasteiger partial charge is 0.221 e. The number of aliphatic hydroxyl groups is 1. The van der Waals surface area contributed by atoms with Crippen molar-refractivity contribution in [1.82, 2.24) is 0 Å². The summed E-state index contributed by atoms with van der Waals surface area (Å²) in [5.74, 6) is 5.86. The van der Waals surface area contributed by atoms with E-state index in [1.807, 2.05) is 72.8 Å². The molecule has 3 rings (SSSR count). The zero-order valence-corrected chi connectivity index (χ0v) is 14.4. The highest BCUT2D eigenvalue weighted by Gasteiger charge is 2.32. The molecule has 0 fully saturated rings. The Kier molecular flexibility index (Phi) is 5.17. The molecule has 3 heteroatoms. The van der Waals surface area contributed by atoms with Crippen molar-refractivity contribution < 1.29 is 9.90 Å². The molecule has 128 valence electrons. The highest BCUT2D eigenvalue weighted by molar-refractivity contribution is 5.90. The van der Waals surface area contributed by atoms with Crippen molar-refractivity contribution in [3.63, 3.8) is 0 Å². The molecule has 26 heavy (non-hydrogen) atoms. The minimum Gasteiger partial charge on any atom is -0.369 e. The van der Waals surface area contributed by atoms with Gasteiger partial charge in [0.25, 0.3) is 0 Å². The zero-order chi connectivity index (χ0) is 18.4. The van der Waals surface area contributed by atoms with Gasteiger partial charge in [-0.25, -0.2) is 0 Å². The molecule has 0 aliphatic carbocycles. The molecule has 0 radical (unpaired) electrons. The minimum absolute atomic E-state index is 0.205. The van der Waals surface area contributed by atoms with Crippen molar-refractivity contribution in [3.05, 3.63) is 102 Å². The van der Waals surface area contributed by atoms with Crippen LogP contribution in [0, 0.1) is 11.8 Å². The summed E-state index contributed by atoms with van der Waals surface area (Å²) in [6.07, 6.45) is 0. The fourth-order valence-corrected chi connectivity index (χ4v) is 2.76. The first-order valence-corrected chi connectivity index (χ1v) is 8.33. The Bertz CT molecular complexity index is 956. The van der Waals surface area contributed by atoms with E-state index in [-0.39, 0.29) is 5.91 Å². The van der Waals surface area contributed by atoms with Gasteiger partial charge in [0, 0.05) is 29.3 Å². The molecule has 0 aromatic heterocycles. The number of para-hydroxylation sites is 1. The van der Waals surface area contributed by atoms with Crippen molar-refractivity contribution in [2.45, 2.75) is 12.5 Å². The maximum Gasteiger partial charge on any atom is 0.221 e. The predicted octanol–water partition coefficient (Wildman–Crippen LogP) is 3.93. The summed E-state index contributed by atoms with van der Waals surface area (Å²) in [4.78, 5) is 11.6. The Hall–Kier alpha value is -3.35. The van der Waals surface area contributed by atoms with Crippen LogP contribution in [0.5, 0.6) is 0 Å². The first-order chi connectivity index (χ1) is 12.6. The molecular weight excluding hydrogens is 322 g/mol. The normalized spacial score (nSPS) is 12.4. The van der Waals surface area contributed by atoms with Crippen LogP contribution >= 0.6 is 0 Å². The van der Waals surface area contributed by atoms with Crippen LogP contribution in [0.3, 0.4) is 0 Å². The third kappa shape index (κ3) is 3.83. The summed E-state index contributed by atoms with van der Waals surface area (Å²) < 4.78 is 0. The van der Waals surface area contributed by atoms with E-state index in [2.05, 4.69) is 17.2 Å². The van der Waals surface area contributed by atoms with E-state index in [1.54, 1.807) is 12.1 Å². The van der Waals surface area contributed by atoms with Crippen LogP contribution in [0.4, 0.5) is 5.69 Å². The second kappa shape index (κ2) is 7.69. The summed E-state index contributed by atoms with van der Waals surface area (Å²) in [5, 5.41) is 14.4. The van der Waals surface area contributed by atoms with Gasteiger partial charge in [-0.2, -0.15) is 0 Å². The second-order valence-electron chi connectivity index (χ2n) is 5.92. The Labute approximate surface area is 153 Å². The third-order valence-electron chi connectivity index (χ3n) is 3.98. The molecule has 1 atom stereocenters. The lowest BCUT2D eigenvalue weighted by Gasteiger charge is -2.26. The molecule has 0 bridgehead atoms. The van der Waals surface area contributed by atoms with Crippen molar-refractivity contribution in [3.8, 4) is 11.8 Å². The van der Waals surface area contributed by atoms with E-state index < -0.39 is 5.60 Å². The SMILES string of the molecule is CC(=O)Nc1ccccc1C(O)(C#Cc1ccccc1)c1ccccc1. The minimum atomic E-state index is -1.56. The number of benzene rings is 3. The van der Waals surface area contributed by atoms with Gasteiger partial charge in [-0.3, -0.25) is 4.79 Å². The number of amides is 1. The number of rotatable bonds is 3. The molecule has 2 N–H and O–H groups in total. The molecule has 0 aliphatic heterocycles. The standard InChI is InChI=1S/C23H19NO2/c1-18(25)24-22-15-9-8-14-21(22)23(26,20-12-6-3-7-13-20)17-16-19-10-4-2-5-11-19/h2-15,26H,1H3,(H,24,25). The first kappa shape index (κ1) is 17.5. The van der Waals surface area contributed by atoms with Gasteiger partial charge in [0.1, 0.15) is 0 Å². The molecular formula is C23H19NO2. The number of nitrogens with one attached hydrogen (secondary N) is 1. The quantitative estimate of drug-likeness (QED) is 0.709. The summed E-state index contributed by atoms with van der Waals surface area (Å²) >= 11 is 0. The molecule has 3 aromatic carbocycles. The van der Waals surface area contributed by atoms with Crippen molar-refractivity contribution in [2.24, 2.45) is 0 Å². The monoisotopic (exact) mass is 341 g/mol. The van der Waals surface area contributed by atoms with Crippen molar-refractivity contribution in [1.29, 1.82) is 0 Å². The van der Waals surface area contributed by atoms with E-state index in [1.165, 1.54) is 6.92 Å². The predicted molar refractivity (Wildman–Crippen MR) is 104 cm³/mol. The molecule has 0 heterocycles. The van der Waals surface area contributed by atoms with Gasteiger partial charge in [-0.05, 0) is 18.2 Å². The maximum atomic E-state index is 11.6. The summed E-state index contributed by atoms with van der Waals surface area (Å²) in [5.41, 5.74) is 0.953. The van der Waals surface area contributed by atoms with Gasteiger partial charge in [-0.15, -0.1) is 0 Å². The summed E-state index contributed by atoms with van der Waals surface area (Å²) in [6, 6.07) is 25.9. The van der Waals surface area contributed by atoms with Crippen LogP contribution in [0.2, 0.25) is 0 Å². The van der Waals surface area contributed by atoms with Crippen molar-refractivity contribution in [2.75, 3.05) is 5.32 Å². The van der Waals surface area contributed by atoms with Crippen molar-refractivity contribution >= 4 is 11.6 Å². The average molecular weight is 341 g/mol. The summed E-state index contributed by atoms with van der Waals surface area (Å²) in [6.45, 7) is 1.44. The molecule has 3 aromatic rings. The second-order valence-corrected chi connectivity index (χ2v) is 5.92. The van der Waals surface area contributed by atoms with E-state index in [0.29, 0.717) is 16.8 Å². The van der Waals surface area contributed by atoms with Gasteiger partial charge in [0.05, 0.1) is 0 Å². The lowest BCUT2D eigenvalue weighted by molar-refractivity contribution is -0.114. The average Bonchev–Trinajstić information content (AvgIpc) is 2.67. The van der Waals surface area contributed by atoms with Gasteiger partial charge in [0.15, 0.2) is 5.60 Å². The van der Waals surface area contributed by atoms with Crippen LogP contribution in [0.25, 0.3) is 0 Å². The molecule has 3 nitrogen and oxygen atoms in total. The Morgan fingerprint density at radius 2 is 1.46 bits per heavy atom. The molecule has 0 spiro atoms. The van der Waals surface area contributed by atoms with E-state index in [4.69, 9.17) is 0 Å². The largest absolute Gasteiger partial charge is 0.369 e. The number of carbonyl (C=O) groups excluding carboxylic acids is 1. The Balaban J connectivity index is 2.17. The summed E-state index contributed by atoms with van der Waals surface area (Å²) in [7, 11) is 0. The van der Waals surface area contributed by atoms with E-state index in [9.17, 15) is 9.90 Å². The maximum absolute atomic E-state index is 11.6. The molecule has 0 saturated carbocycles. The number of hydrogen-bond acceptors (Lipinski definition) is 2. The topological polar surface area (TPSA) is 49.3 Å². The fraction of sp³-hybridized carbons (Fsp3) is 0.0870. The van der Waals surface area contributed by atoms with Crippen LogP contribution in [0.1, 0.15) is 23.6 Å².